The molecule has 0 aliphatic carbocycles. The van der Waals surface area contributed by atoms with Gasteiger partial charge in [0, 0.05) is 27.9 Å². The number of hydrogen-bond donors (Lipinski definition) is 1. The molecular weight excluding hydrogens is 357 g/mol. The zero-order chi connectivity index (χ0) is 16.0. The van der Waals surface area contributed by atoms with Crippen LogP contribution in [-0.2, 0) is 6.54 Å². The van der Waals surface area contributed by atoms with E-state index in [1.807, 2.05) is 22.2 Å². The van der Waals surface area contributed by atoms with Crippen LogP contribution >= 0.6 is 34.3 Å². The number of hydrogen-bond acceptors (Lipinski definition) is 4. The first-order valence-electron chi connectivity index (χ1n) is 6.68. The highest BCUT2D eigenvalue weighted by Crippen LogP contribution is 2.35. The third-order valence-electron chi connectivity index (χ3n) is 3.37. The number of aromatic nitrogens is 2. The van der Waals surface area contributed by atoms with Crippen LogP contribution in [-0.4, -0.2) is 15.3 Å². The number of thiazole rings is 1. The van der Waals surface area contributed by atoms with Gasteiger partial charge in [-0.25, -0.2) is 9.37 Å². The zero-order valence-corrected chi connectivity index (χ0v) is 13.9. The van der Waals surface area contributed by atoms with Crippen molar-refractivity contribution >= 4 is 55.2 Å². The molecule has 0 saturated carbocycles. The molecule has 23 heavy (non-hydrogen) atoms. The molecule has 0 fully saturated rings. The van der Waals surface area contributed by atoms with Crippen molar-refractivity contribution in [3.05, 3.63) is 57.4 Å². The van der Waals surface area contributed by atoms with E-state index in [1.54, 1.807) is 6.07 Å². The lowest BCUT2D eigenvalue weighted by atomic mass is 10.2. The quantitative estimate of drug-likeness (QED) is 0.587. The molecule has 3 aromatic heterocycles. The number of nitrogens with zero attached hydrogens (tertiary/aromatic N) is 2. The van der Waals surface area contributed by atoms with E-state index in [1.165, 1.54) is 34.8 Å². The van der Waals surface area contributed by atoms with Crippen LogP contribution in [0.1, 0.15) is 15.4 Å². The minimum Gasteiger partial charge on any atom is -0.346 e. The molecule has 4 aromatic rings. The lowest BCUT2D eigenvalue weighted by Crippen LogP contribution is -2.22. The smallest absolute Gasteiger partial charge is 0.263 e. The van der Waals surface area contributed by atoms with Crippen LogP contribution in [0.25, 0.3) is 15.0 Å². The molecule has 4 rings (SSSR count). The highest BCUT2D eigenvalue weighted by molar-refractivity contribution is 7.21. The molecule has 1 N–H and O–H groups in total. The highest BCUT2D eigenvalue weighted by atomic mass is 35.5. The van der Waals surface area contributed by atoms with Gasteiger partial charge in [-0.1, -0.05) is 11.6 Å². The SMILES string of the molecule is O=C(NCc1cn2ccsc2n1)c1sc2cc(F)ccc2c1Cl. The van der Waals surface area contributed by atoms with E-state index in [0.29, 0.717) is 26.5 Å². The molecule has 1 amide bonds. The van der Waals surface area contributed by atoms with Crippen molar-refractivity contribution < 1.29 is 9.18 Å². The molecule has 3 heterocycles. The summed E-state index contributed by atoms with van der Waals surface area (Å²) in [6, 6.07) is 4.30. The first kappa shape index (κ1) is 14.6. The van der Waals surface area contributed by atoms with Crippen molar-refractivity contribution in [1.29, 1.82) is 0 Å². The standard InChI is InChI=1S/C15H9ClFN3OS2/c16-12-10-2-1-8(17)5-11(10)23-13(12)14(21)18-6-9-7-20-3-4-22-15(20)19-9/h1-5,7H,6H2,(H,18,21). The summed E-state index contributed by atoms with van der Waals surface area (Å²) in [5.41, 5.74) is 0.772. The third-order valence-corrected chi connectivity index (χ3v) is 5.80. The number of carbonyl (C=O) groups is 1. The predicted molar refractivity (Wildman–Crippen MR) is 91.0 cm³/mol. The summed E-state index contributed by atoms with van der Waals surface area (Å²) in [7, 11) is 0. The maximum absolute atomic E-state index is 13.3. The molecule has 116 valence electrons. The van der Waals surface area contributed by atoms with Gasteiger partial charge in [0.25, 0.3) is 5.91 Å². The second kappa shape index (κ2) is 5.59. The van der Waals surface area contributed by atoms with Crippen LogP contribution < -0.4 is 5.32 Å². The molecule has 1 aromatic carbocycles. The molecule has 0 unspecified atom stereocenters. The Morgan fingerprint density at radius 3 is 3.13 bits per heavy atom. The number of fused-ring (bicyclic) bond motifs is 2. The average molecular weight is 366 g/mol. The van der Waals surface area contributed by atoms with Crippen LogP contribution in [0.2, 0.25) is 5.02 Å². The average Bonchev–Trinajstić information content (AvgIpc) is 3.18. The normalized spacial score (nSPS) is 11.4. The van der Waals surface area contributed by atoms with Crippen LogP contribution in [0.4, 0.5) is 4.39 Å². The van der Waals surface area contributed by atoms with E-state index < -0.39 is 0 Å². The van der Waals surface area contributed by atoms with Crippen LogP contribution in [0.3, 0.4) is 0 Å². The second-order valence-electron chi connectivity index (χ2n) is 4.89. The highest BCUT2D eigenvalue weighted by Gasteiger charge is 2.17. The molecule has 0 bridgehead atoms. The lowest BCUT2D eigenvalue weighted by Gasteiger charge is -2.01. The Morgan fingerprint density at radius 1 is 1.43 bits per heavy atom. The van der Waals surface area contributed by atoms with Crippen molar-refractivity contribution in [2.75, 3.05) is 0 Å². The molecule has 0 aliphatic rings. The van der Waals surface area contributed by atoms with E-state index in [2.05, 4.69) is 10.3 Å². The molecule has 8 heteroatoms. The summed E-state index contributed by atoms with van der Waals surface area (Å²) < 4.78 is 15.8. The van der Waals surface area contributed by atoms with Gasteiger partial charge < -0.3 is 5.32 Å². The van der Waals surface area contributed by atoms with Crippen LogP contribution in [0.15, 0.2) is 36.0 Å². The lowest BCUT2D eigenvalue weighted by molar-refractivity contribution is 0.0954. The largest absolute Gasteiger partial charge is 0.346 e. The number of carbonyl (C=O) groups excluding carboxylic acids is 1. The first-order valence-corrected chi connectivity index (χ1v) is 8.76. The number of halogens is 2. The van der Waals surface area contributed by atoms with Crippen molar-refractivity contribution in [3.63, 3.8) is 0 Å². The molecule has 0 atom stereocenters. The first-order chi connectivity index (χ1) is 11.1. The Labute approximate surface area is 143 Å². The van der Waals surface area contributed by atoms with Gasteiger partial charge >= 0.3 is 0 Å². The Morgan fingerprint density at radius 2 is 2.30 bits per heavy atom. The van der Waals surface area contributed by atoms with Crippen molar-refractivity contribution in [1.82, 2.24) is 14.7 Å². The fraction of sp³-hybridized carbons (Fsp3) is 0.0667. The molecule has 0 saturated heterocycles. The monoisotopic (exact) mass is 365 g/mol. The zero-order valence-electron chi connectivity index (χ0n) is 11.5. The number of thiophene rings is 1. The fourth-order valence-electron chi connectivity index (χ4n) is 2.30. The van der Waals surface area contributed by atoms with Crippen molar-refractivity contribution in [2.45, 2.75) is 6.54 Å². The van der Waals surface area contributed by atoms with Gasteiger partial charge in [0.05, 0.1) is 17.3 Å². The number of rotatable bonds is 3. The van der Waals surface area contributed by atoms with Gasteiger partial charge in [0.15, 0.2) is 4.96 Å². The van der Waals surface area contributed by atoms with Gasteiger partial charge in [-0.2, -0.15) is 0 Å². The van der Waals surface area contributed by atoms with E-state index in [9.17, 15) is 9.18 Å². The van der Waals surface area contributed by atoms with Gasteiger partial charge in [-0.15, -0.1) is 22.7 Å². The summed E-state index contributed by atoms with van der Waals surface area (Å²) in [6.45, 7) is 0.312. The van der Waals surface area contributed by atoms with E-state index in [4.69, 9.17) is 11.6 Å². The maximum Gasteiger partial charge on any atom is 0.263 e. The van der Waals surface area contributed by atoms with Gasteiger partial charge in [0.2, 0.25) is 0 Å². The summed E-state index contributed by atoms with van der Waals surface area (Å²) in [5, 5.41) is 5.79. The molecule has 4 nitrogen and oxygen atoms in total. The van der Waals surface area contributed by atoms with Gasteiger partial charge in [-0.3, -0.25) is 9.20 Å². The van der Waals surface area contributed by atoms with Gasteiger partial charge in [-0.05, 0) is 18.2 Å². The molecule has 0 aliphatic heterocycles. The van der Waals surface area contributed by atoms with E-state index >= 15 is 0 Å². The molecule has 0 radical (unpaired) electrons. The molecule has 0 spiro atoms. The third kappa shape index (κ3) is 2.60. The number of imidazole rings is 1. The summed E-state index contributed by atoms with van der Waals surface area (Å²) in [5.74, 6) is -0.631. The maximum atomic E-state index is 13.3. The van der Waals surface area contributed by atoms with E-state index in [-0.39, 0.29) is 11.7 Å². The van der Waals surface area contributed by atoms with Crippen molar-refractivity contribution in [2.24, 2.45) is 0 Å². The Hall–Kier alpha value is -1.96. The van der Waals surface area contributed by atoms with Crippen molar-refractivity contribution in [3.8, 4) is 0 Å². The van der Waals surface area contributed by atoms with Gasteiger partial charge in [0.1, 0.15) is 10.7 Å². The minimum absolute atomic E-state index is 0.284. The topological polar surface area (TPSA) is 46.4 Å². The Bertz CT molecular complexity index is 1010. The fourth-order valence-corrected chi connectivity index (χ4v) is 4.47. The summed E-state index contributed by atoms with van der Waals surface area (Å²) >= 11 is 8.95. The van der Waals surface area contributed by atoms with Crippen LogP contribution in [0.5, 0.6) is 0 Å². The number of nitrogens with one attached hydrogen (secondary N) is 1. The van der Waals surface area contributed by atoms with Crippen LogP contribution in [0, 0.1) is 5.82 Å². The molecular formula is C15H9ClFN3OS2. The number of benzene rings is 1. The summed E-state index contributed by atoms with van der Waals surface area (Å²) in [6.07, 6.45) is 3.78. The van der Waals surface area contributed by atoms with E-state index in [0.717, 1.165) is 10.7 Å². The second-order valence-corrected chi connectivity index (χ2v) is 7.20. The minimum atomic E-state index is -0.347. The Kier molecular flexibility index (Phi) is 3.56. The summed E-state index contributed by atoms with van der Waals surface area (Å²) in [4.78, 5) is 18.0. The Balaban J connectivity index is 1.56. The number of amides is 1. The predicted octanol–water partition coefficient (Wildman–Crippen LogP) is 4.33.